The Morgan fingerprint density at radius 1 is 1.55 bits per heavy atom. The molecule has 0 bridgehead atoms. The number of hydrogen-bond acceptors (Lipinski definition) is 2. The standard InChI is InChI=1S/C9H20N2/c1-8(2)11(3)7-9-4-5-10-6-9/h8-10H,4-7H2,1-3H3/t9-/m1/s1. The van der Waals surface area contributed by atoms with Crippen LogP contribution in [-0.2, 0) is 0 Å². The minimum absolute atomic E-state index is 0.690. The largest absolute Gasteiger partial charge is 0.316 e. The van der Waals surface area contributed by atoms with Crippen LogP contribution in [0.15, 0.2) is 0 Å². The first-order valence-corrected chi connectivity index (χ1v) is 4.61. The molecule has 0 aliphatic carbocycles. The van der Waals surface area contributed by atoms with E-state index >= 15 is 0 Å². The number of nitrogens with one attached hydrogen (secondary N) is 1. The summed E-state index contributed by atoms with van der Waals surface area (Å²) in [5.41, 5.74) is 0. The molecule has 0 aromatic carbocycles. The highest BCUT2D eigenvalue weighted by molar-refractivity contribution is 4.74. The summed E-state index contributed by atoms with van der Waals surface area (Å²) in [7, 11) is 2.21. The second-order valence-corrected chi connectivity index (χ2v) is 3.89. The monoisotopic (exact) mass is 156 g/mol. The van der Waals surface area contributed by atoms with Gasteiger partial charge in [0.1, 0.15) is 0 Å². The normalized spacial score (nSPS) is 25.4. The van der Waals surface area contributed by atoms with Crippen LogP contribution in [-0.4, -0.2) is 37.6 Å². The first-order chi connectivity index (χ1) is 5.20. The van der Waals surface area contributed by atoms with Gasteiger partial charge in [-0.25, -0.2) is 0 Å². The highest BCUT2D eigenvalue weighted by Crippen LogP contribution is 2.09. The lowest BCUT2D eigenvalue weighted by atomic mass is 10.1. The summed E-state index contributed by atoms with van der Waals surface area (Å²) in [5, 5.41) is 3.39. The molecule has 1 aliphatic heterocycles. The molecule has 1 aliphatic rings. The number of hydrogen-bond donors (Lipinski definition) is 1. The molecule has 11 heavy (non-hydrogen) atoms. The molecule has 0 saturated carbocycles. The average molecular weight is 156 g/mol. The Bertz CT molecular complexity index is 106. The van der Waals surface area contributed by atoms with Gasteiger partial charge < -0.3 is 10.2 Å². The van der Waals surface area contributed by atoms with Gasteiger partial charge in [-0.3, -0.25) is 0 Å². The molecule has 1 fully saturated rings. The van der Waals surface area contributed by atoms with E-state index in [0.717, 1.165) is 5.92 Å². The Kier molecular flexibility index (Phi) is 3.34. The van der Waals surface area contributed by atoms with E-state index in [1.54, 1.807) is 0 Å². The smallest absolute Gasteiger partial charge is 0.00356 e. The fourth-order valence-corrected chi connectivity index (χ4v) is 1.49. The molecule has 2 nitrogen and oxygen atoms in total. The van der Waals surface area contributed by atoms with E-state index in [4.69, 9.17) is 0 Å². The van der Waals surface area contributed by atoms with Gasteiger partial charge in [-0.05, 0) is 46.3 Å². The lowest BCUT2D eigenvalue weighted by Crippen LogP contribution is -2.32. The summed E-state index contributed by atoms with van der Waals surface area (Å²) in [6.45, 7) is 8.20. The van der Waals surface area contributed by atoms with E-state index in [0.29, 0.717) is 6.04 Å². The molecule has 0 amide bonds. The van der Waals surface area contributed by atoms with Crippen LogP contribution in [0.4, 0.5) is 0 Å². The van der Waals surface area contributed by atoms with Gasteiger partial charge in [0.05, 0.1) is 0 Å². The summed E-state index contributed by atoms with van der Waals surface area (Å²) >= 11 is 0. The van der Waals surface area contributed by atoms with Crippen molar-refractivity contribution in [3.05, 3.63) is 0 Å². The van der Waals surface area contributed by atoms with E-state index < -0.39 is 0 Å². The molecule has 66 valence electrons. The summed E-state index contributed by atoms with van der Waals surface area (Å²) in [4.78, 5) is 2.43. The first-order valence-electron chi connectivity index (χ1n) is 4.61. The number of rotatable bonds is 3. The molecular formula is C9H20N2. The molecule has 0 aromatic rings. The molecule has 1 heterocycles. The zero-order valence-electron chi connectivity index (χ0n) is 7.93. The van der Waals surface area contributed by atoms with Gasteiger partial charge in [0.25, 0.3) is 0 Å². The fourth-order valence-electron chi connectivity index (χ4n) is 1.49. The topological polar surface area (TPSA) is 15.3 Å². The first kappa shape index (κ1) is 9.01. The molecule has 0 radical (unpaired) electrons. The molecule has 1 rings (SSSR count). The second kappa shape index (κ2) is 4.07. The lowest BCUT2D eigenvalue weighted by Gasteiger charge is -2.23. The van der Waals surface area contributed by atoms with E-state index in [9.17, 15) is 0 Å². The zero-order valence-corrected chi connectivity index (χ0v) is 7.93. The molecule has 0 aromatic heterocycles. The van der Waals surface area contributed by atoms with E-state index in [1.807, 2.05) is 0 Å². The van der Waals surface area contributed by atoms with Crippen molar-refractivity contribution in [2.24, 2.45) is 5.92 Å². The predicted octanol–water partition coefficient (Wildman–Crippen LogP) is 0.936. The van der Waals surface area contributed by atoms with Gasteiger partial charge in [-0.2, -0.15) is 0 Å². The quantitative estimate of drug-likeness (QED) is 0.654. The lowest BCUT2D eigenvalue weighted by molar-refractivity contribution is 0.237. The summed E-state index contributed by atoms with van der Waals surface area (Å²) in [5.74, 6) is 0.891. The van der Waals surface area contributed by atoms with Crippen molar-refractivity contribution in [1.29, 1.82) is 0 Å². The third-order valence-electron chi connectivity index (χ3n) is 2.59. The van der Waals surface area contributed by atoms with Crippen LogP contribution in [0.25, 0.3) is 0 Å². The maximum atomic E-state index is 3.39. The molecule has 2 heteroatoms. The van der Waals surface area contributed by atoms with Crippen molar-refractivity contribution >= 4 is 0 Å². The summed E-state index contributed by atoms with van der Waals surface area (Å²) in [6, 6.07) is 0.690. The van der Waals surface area contributed by atoms with Crippen molar-refractivity contribution in [3.63, 3.8) is 0 Å². The molecule has 1 N–H and O–H groups in total. The Hall–Kier alpha value is -0.0800. The van der Waals surface area contributed by atoms with Crippen LogP contribution >= 0.6 is 0 Å². The Morgan fingerprint density at radius 3 is 2.73 bits per heavy atom. The van der Waals surface area contributed by atoms with Crippen LogP contribution in [0.3, 0.4) is 0 Å². The molecular weight excluding hydrogens is 136 g/mol. The van der Waals surface area contributed by atoms with E-state index in [1.165, 1.54) is 26.1 Å². The highest BCUT2D eigenvalue weighted by atomic mass is 15.1. The second-order valence-electron chi connectivity index (χ2n) is 3.89. The SMILES string of the molecule is CC(C)N(C)C[C@@H]1CCNC1. The van der Waals surface area contributed by atoms with Gasteiger partial charge in [0.2, 0.25) is 0 Å². The zero-order chi connectivity index (χ0) is 8.27. The third kappa shape index (κ3) is 2.80. The minimum Gasteiger partial charge on any atom is -0.316 e. The Balaban J connectivity index is 2.18. The molecule has 0 unspecified atom stereocenters. The van der Waals surface area contributed by atoms with Crippen LogP contribution in [0.1, 0.15) is 20.3 Å². The van der Waals surface area contributed by atoms with Crippen molar-refractivity contribution in [3.8, 4) is 0 Å². The van der Waals surface area contributed by atoms with Gasteiger partial charge in [0.15, 0.2) is 0 Å². The Morgan fingerprint density at radius 2 is 2.27 bits per heavy atom. The highest BCUT2D eigenvalue weighted by Gasteiger charge is 2.16. The molecule has 1 atom stereocenters. The van der Waals surface area contributed by atoms with Crippen molar-refractivity contribution in [2.45, 2.75) is 26.3 Å². The maximum Gasteiger partial charge on any atom is 0.00356 e. The maximum absolute atomic E-state index is 3.39. The van der Waals surface area contributed by atoms with Crippen LogP contribution in [0.2, 0.25) is 0 Å². The van der Waals surface area contributed by atoms with Gasteiger partial charge in [-0.1, -0.05) is 0 Å². The van der Waals surface area contributed by atoms with E-state index in [2.05, 4.69) is 31.1 Å². The van der Waals surface area contributed by atoms with Crippen LogP contribution < -0.4 is 5.32 Å². The third-order valence-corrected chi connectivity index (χ3v) is 2.59. The molecule has 0 spiro atoms. The molecule has 1 saturated heterocycles. The van der Waals surface area contributed by atoms with Gasteiger partial charge >= 0.3 is 0 Å². The summed E-state index contributed by atoms with van der Waals surface area (Å²) < 4.78 is 0. The average Bonchev–Trinajstić information content (AvgIpc) is 2.39. The van der Waals surface area contributed by atoms with Crippen LogP contribution in [0.5, 0.6) is 0 Å². The summed E-state index contributed by atoms with van der Waals surface area (Å²) in [6.07, 6.45) is 1.36. The predicted molar refractivity (Wildman–Crippen MR) is 48.7 cm³/mol. The van der Waals surface area contributed by atoms with Crippen molar-refractivity contribution in [1.82, 2.24) is 10.2 Å². The fraction of sp³-hybridized carbons (Fsp3) is 1.00. The van der Waals surface area contributed by atoms with Gasteiger partial charge in [-0.15, -0.1) is 0 Å². The number of nitrogens with zero attached hydrogens (tertiary/aromatic N) is 1. The van der Waals surface area contributed by atoms with E-state index in [-0.39, 0.29) is 0 Å². The Labute approximate surface area is 70.0 Å². The van der Waals surface area contributed by atoms with Gasteiger partial charge in [0, 0.05) is 12.6 Å². The van der Waals surface area contributed by atoms with Crippen LogP contribution in [0, 0.1) is 5.92 Å². The van der Waals surface area contributed by atoms with Crippen molar-refractivity contribution < 1.29 is 0 Å². The minimum atomic E-state index is 0.690. The van der Waals surface area contributed by atoms with Crippen molar-refractivity contribution in [2.75, 3.05) is 26.7 Å².